The van der Waals surface area contributed by atoms with Crippen molar-refractivity contribution >= 4 is 11.6 Å². The molecule has 0 bridgehead atoms. The van der Waals surface area contributed by atoms with Crippen LogP contribution < -0.4 is 10.1 Å². The van der Waals surface area contributed by atoms with Crippen LogP contribution in [0.4, 0.5) is 0 Å². The SMILES string of the molecule is CCCNC(Cc1ccc(Cl)cc1)c1ccc(OC)nn1. The third kappa shape index (κ3) is 4.69. The molecule has 1 N–H and O–H groups in total. The van der Waals surface area contributed by atoms with Crippen molar-refractivity contribution in [3.8, 4) is 5.88 Å². The normalized spacial score (nSPS) is 12.1. The molecule has 0 saturated heterocycles. The van der Waals surface area contributed by atoms with Gasteiger partial charge in [-0.2, -0.15) is 5.10 Å². The lowest BCUT2D eigenvalue weighted by atomic mass is 10.0. The van der Waals surface area contributed by atoms with Gasteiger partial charge in [0, 0.05) is 11.1 Å². The zero-order valence-corrected chi connectivity index (χ0v) is 13.1. The molecule has 112 valence electrons. The van der Waals surface area contributed by atoms with Crippen molar-refractivity contribution in [1.29, 1.82) is 0 Å². The first-order chi connectivity index (χ1) is 10.2. The van der Waals surface area contributed by atoms with Gasteiger partial charge in [-0.05, 0) is 43.1 Å². The van der Waals surface area contributed by atoms with Gasteiger partial charge >= 0.3 is 0 Å². The average molecular weight is 306 g/mol. The van der Waals surface area contributed by atoms with Gasteiger partial charge in [0.15, 0.2) is 0 Å². The summed E-state index contributed by atoms with van der Waals surface area (Å²) in [6.07, 6.45) is 1.92. The highest BCUT2D eigenvalue weighted by Crippen LogP contribution is 2.19. The highest BCUT2D eigenvalue weighted by atomic mass is 35.5. The predicted molar refractivity (Wildman–Crippen MR) is 84.8 cm³/mol. The Kier molecular flexibility index (Phi) is 5.96. The van der Waals surface area contributed by atoms with Crippen LogP contribution in [0.1, 0.15) is 30.6 Å². The van der Waals surface area contributed by atoms with Crippen LogP contribution in [0.25, 0.3) is 0 Å². The van der Waals surface area contributed by atoms with Crippen molar-refractivity contribution < 1.29 is 4.74 Å². The zero-order valence-electron chi connectivity index (χ0n) is 12.3. The van der Waals surface area contributed by atoms with Crippen LogP contribution in [0.2, 0.25) is 5.02 Å². The molecule has 21 heavy (non-hydrogen) atoms. The van der Waals surface area contributed by atoms with E-state index in [1.165, 1.54) is 5.56 Å². The Hall–Kier alpha value is -1.65. The highest BCUT2D eigenvalue weighted by Gasteiger charge is 2.14. The Balaban J connectivity index is 2.14. The molecule has 0 spiro atoms. The molecule has 0 radical (unpaired) electrons. The summed E-state index contributed by atoms with van der Waals surface area (Å²) in [6.45, 7) is 3.08. The van der Waals surface area contributed by atoms with Crippen LogP contribution in [0.5, 0.6) is 5.88 Å². The van der Waals surface area contributed by atoms with Crippen molar-refractivity contribution in [2.24, 2.45) is 0 Å². The molecule has 5 heteroatoms. The van der Waals surface area contributed by atoms with Crippen LogP contribution in [0, 0.1) is 0 Å². The number of hydrogen-bond acceptors (Lipinski definition) is 4. The topological polar surface area (TPSA) is 47.0 Å². The summed E-state index contributed by atoms with van der Waals surface area (Å²) in [7, 11) is 1.59. The van der Waals surface area contributed by atoms with Crippen LogP contribution in [-0.2, 0) is 6.42 Å². The van der Waals surface area contributed by atoms with Gasteiger partial charge < -0.3 is 10.1 Å². The van der Waals surface area contributed by atoms with E-state index in [1.54, 1.807) is 7.11 Å². The van der Waals surface area contributed by atoms with E-state index in [0.717, 1.165) is 30.1 Å². The van der Waals surface area contributed by atoms with Crippen LogP contribution in [-0.4, -0.2) is 23.9 Å². The standard InChI is InChI=1S/C16H20ClN3O/c1-3-10-18-15(11-12-4-6-13(17)7-5-12)14-8-9-16(21-2)20-19-14/h4-9,15,18H,3,10-11H2,1-2H3. The highest BCUT2D eigenvalue weighted by molar-refractivity contribution is 6.30. The summed E-state index contributed by atoms with van der Waals surface area (Å²) in [5.74, 6) is 0.527. The molecule has 0 aliphatic rings. The fourth-order valence-electron chi connectivity index (χ4n) is 2.08. The Morgan fingerprint density at radius 1 is 1.14 bits per heavy atom. The minimum absolute atomic E-state index is 0.129. The van der Waals surface area contributed by atoms with Crippen LogP contribution in [0.3, 0.4) is 0 Å². The number of ether oxygens (including phenoxy) is 1. The monoisotopic (exact) mass is 305 g/mol. The van der Waals surface area contributed by atoms with E-state index < -0.39 is 0 Å². The number of aromatic nitrogens is 2. The zero-order chi connectivity index (χ0) is 15.1. The Morgan fingerprint density at radius 2 is 1.90 bits per heavy atom. The van der Waals surface area contributed by atoms with Crippen molar-refractivity contribution in [3.63, 3.8) is 0 Å². The molecule has 1 aromatic carbocycles. The molecule has 1 atom stereocenters. The maximum absolute atomic E-state index is 5.93. The van der Waals surface area contributed by atoms with Crippen molar-refractivity contribution in [3.05, 3.63) is 52.7 Å². The molecular weight excluding hydrogens is 286 g/mol. The Morgan fingerprint density at radius 3 is 2.48 bits per heavy atom. The van der Waals surface area contributed by atoms with Crippen molar-refractivity contribution in [2.75, 3.05) is 13.7 Å². The lowest BCUT2D eigenvalue weighted by Gasteiger charge is -2.18. The molecule has 1 unspecified atom stereocenters. The lowest BCUT2D eigenvalue weighted by Crippen LogP contribution is -2.25. The van der Waals surface area contributed by atoms with Crippen molar-refractivity contribution in [2.45, 2.75) is 25.8 Å². The number of rotatable bonds is 7. The first kappa shape index (κ1) is 15.7. The molecule has 0 fully saturated rings. The number of hydrogen-bond donors (Lipinski definition) is 1. The largest absolute Gasteiger partial charge is 0.480 e. The Labute approximate surface area is 130 Å². The third-order valence-corrected chi connectivity index (χ3v) is 3.47. The quantitative estimate of drug-likeness (QED) is 0.851. The van der Waals surface area contributed by atoms with Gasteiger partial charge in [-0.1, -0.05) is 30.7 Å². The van der Waals surface area contributed by atoms with Gasteiger partial charge in [-0.3, -0.25) is 0 Å². The van der Waals surface area contributed by atoms with Gasteiger partial charge in [-0.25, -0.2) is 0 Å². The molecule has 1 heterocycles. The van der Waals surface area contributed by atoms with Crippen molar-refractivity contribution in [1.82, 2.24) is 15.5 Å². The maximum atomic E-state index is 5.93. The van der Waals surface area contributed by atoms with E-state index in [9.17, 15) is 0 Å². The van der Waals surface area contributed by atoms with E-state index in [-0.39, 0.29) is 6.04 Å². The van der Waals surface area contributed by atoms with Gasteiger partial charge in [-0.15, -0.1) is 5.10 Å². The Bertz CT molecular complexity index is 542. The number of benzene rings is 1. The van der Waals surface area contributed by atoms with E-state index in [4.69, 9.17) is 16.3 Å². The van der Waals surface area contributed by atoms with Crippen LogP contribution >= 0.6 is 11.6 Å². The van der Waals surface area contributed by atoms with Crippen LogP contribution in [0.15, 0.2) is 36.4 Å². The molecular formula is C16H20ClN3O. The maximum Gasteiger partial charge on any atom is 0.233 e. The van der Waals surface area contributed by atoms with Gasteiger partial charge in [0.2, 0.25) is 5.88 Å². The average Bonchev–Trinajstić information content (AvgIpc) is 2.53. The number of nitrogens with zero attached hydrogens (tertiary/aromatic N) is 2. The minimum atomic E-state index is 0.129. The number of halogens is 1. The van der Waals surface area contributed by atoms with Gasteiger partial charge in [0.05, 0.1) is 18.8 Å². The summed E-state index contributed by atoms with van der Waals surface area (Å²) in [5, 5.41) is 12.6. The summed E-state index contributed by atoms with van der Waals surface area (Å²) in [4.78, 5) is 0. The van der Waals surface area contributed by atoms with E-state index in [1.807, 2.05) is 36.4 Å². The molecule has 0 saturated carbocycles. The van der Waals surface area contributed by atoms with E-state index >= 15 is 0 Å². The first-order valence-corrected chi connectivity index (χ1v) is 7.46. The first-order valence-electron chi connectivity index (χ1n) is 7.08. The summed E-state index contributed by atoms with van der Waals surface area (Å²) < 4.78 is 5.05. The second-order valence-electron chi connectivity index (χ2n) is 4.84. The number of methoxy groups -OCH3 is 1. The van der Waals surface area contributed by atoms with Gasteiger partial charge in [0.25, 0.3) is 0 Å². The van der Waals surface area contributed by atoms with E-state index in [0.29, 0.717) is 5.88 Å². The molecule has 4 nitrogen and oxygen atoms in total. The summed E-state index contributed by atoms with van der Waals surface area (Å²) in [6, 6.07) is 11.8. The lowest BCUT2D eigenvalue weighted by molar-refractivity contribution is 0.389. The minimum Gasteiger partial charge on any atom is -0.480 e. The molecule has 0 amide bonds. The molecule has 2 aromatic rings. The van der Waals surface area contributed by atoms with Gasteiger partial charge in [0.1, 0.15) is 0 Å². The summed E-state index contributed by atoms with van der Waals surface area (Å²) in [5.41, 5.74) is 2.13. The summed E-state index contributed by atoms with van der Waals surface area (Å²) >= 11 is 5.93. The third-order valence-electron chi connectivity index (χ3n) is 3.22. The molecule has 1 aromatic heterocycles. The fraction of sp³-hybridized carbons (Fsp3) is 0.375. The molecule has 2 rings (SSSR count). The number of nitrogens with one attached hydrogen (secondary N) is 1. The fourth-order valence-corrected chi connectivity index (χ4v) is 2.21. The molecule has 0 aliphatic carbocycles. The molecule has 0 aliphatic heterocycles. The second kappa shape index (κ2) is 7.96. The second-order valence-corrected chi connectivity index (χ2v) is 5.27. The smallest absolute Gasteiger partial charge is 0.233 e. The van der Waals surface area contributed by atoms with E-state index in [2.05, 4.69) is 22.4 Å². The predicted octanol–water partition coefficient (Wildman–Crippen LogP) is 3.42.